The van der Waals surface area contributed by atoms with Crippen LogP contribution in [0.3, 0.4) is 0 Å². The maximum atomic E-state index is 12.5. The number of likely N-dealkylation sites (tertiary alicyclic amines) is 1. The van der Waals surface area contributed by atoms with Crippen LogP contribution in [0.1, 0.15) is 31.4 Å². The minimum Gasteiger partial charge on any atom is -0.317 e. The monoisotopic (exact) mass is 277 g/mol. The normalized spacial score (nSPS) is 25.1. The molecule has 20 heavy (non-hydrogen) atoms. The molecule has 2 aliphatic heterocycles. The third kappa shape index (κ3) is 2.91. The molecule has 3 heterocycles. The van der Waals surface area contributed by atoms with Crippen molar-refractivity contribution in [2.75, 3.05) is 19.6 Å². The van der Waals surface area contributed by atoms with Gasteiger partial charge in [0, 0.05) is 19.3 Å². The van der Waals surface area contributed by atoms with Gasteiger partial charge in [-0.15, -0.1) is 5.10 Å². The number of piperidine rings is 1. The Morgan fingerprint density at radius 2 is 2.20 bits per heavy atom. The fourth-order valence-electron chi connectivity index (χ4n) is 3.48. The standard InChI is InChI=1S/C14H23N5O/c1-18-10-11(16-17-18)9-14(20)13-3-2-8-19(13)12-4-6-15-7-5-12/h10,12-13,15H,2-9H2,1H3. The topological polar surface area (TPSA) is 63.1 Å². The first-order valence-corrected chi connectivity index (χ1v) is 7.58. The van der Waals surface area contributed by atoms with Crippen LogP contribution >= 0.6 is 0 Å². The number of Topliss-reactive ketones (excluding diaryl/α,β-unsaturated/α-hetero) is 1. The molecule has 0 saturated carbocycles. The Labute approximate surface area is 119 Å². The summed E-state index contributed by atoms with van der Waals surface area (Å²) >= 11 is 0. The Morgan fingerprint density at radius 1 is 1.40 bits per heavy atom. The van der Waals surface area contributed by atoms with E-state index in [0.717, 1.165) is 51.0 Å². The molecule has 1 aromatic heterocycles. The molecule has 0 spiro atoms. The average Bonchev–Trinajstić information content (AvgIpc) is 3.09. The van der Waals surface area contributed by atoms with E-state index in [1.165, 1.54) is 0 Å². The lowest BCUT2D eigenvalue weighted by molar-refractivity contribution is -0.123. The zero-order chi connectivity index (χ0) is 13.9. The fraction of sp³-hybridized carbons (Fsp3) is 0.786. The number of nitrogens with one attached hydrogen (secondary N) is 1. The molecule has 0 bridgehead atoms. The highest BCUT2D eigenvalue weighted by Crippen LogP contribution is 2.25. The van der Waals surface area contributed by atoms with Gasteiger partial charge in [0.15, 0.2) is 5.78 Å². The molecule has 2 fully saturated rings. The summed E-state index contributed by atoms with van der Waals surface area (Å²) in [5.74, 6) is 0.307. The zero-order valence-electron chi connectivity index (χ0n) is 12.1. The van der Waals surface area contributed by atoms with Gasteiger partial charge in [-0.05, 0) is 45.3 Å². The summed E-state index contributed by atoms with van der Waals surface area (Å²) < 4.78 is 1.65. The Bertz CT molecular complexity index is 466. The highest BCUT2D eigenvalue weighted by atomic mass is 16.1. The van der Waals surface area contributed by atoms with Crippen LogP contribution in [0.2, 0.25) is 0 Å². The van der Waals surface area contributed by atoms with Crippen molar-refractivity contribution in [2.45, 2.75) is 44.2 Å². The van der Waals surface area contributed by atoms with Crippen molar-refractivity contribution < 1.29 is 4.79 Å². The third-order valence-electron chi connectivity index (χ3n) is 4.45. The van der Waals surface area contributed by atoms with E-state index in [2.05, 4.69) is 20.5 Å². The van der Waals surface area contributed by atoms with Crippen molar-refractivity contribution in [3.8, 4) is 0 Å². The molecule has 1 N–H and O–H groups in total. The molecule has 3 rings (SSSR count). The van der Waals surface area contributed by atoms with Crippen molar-refractivity contribution in [1.29, 1.82) is 0 Å². The predicted octanol–water partition coefficient (Wildman–Crippen LogP) is 0.143. The van der Waals surface area contributed by atoms with Crippen LogP contribution in [-0.4, -0.2) is 57.4 Å². The van der Waals surface area contributed by atoms with Gasteiger partial charge in [0.05, 0.1) is 18.2 Å². The van der Waals surface area contributed by atoms with E-state index >= 15 is 0 Å². The summed E-state index contributed by atoms with van der Waals surface area (Å²) in [6.07, 6.45) is 6.72. The lowest BCUT2D eigenvalue weighted by atomic mass is 10.0. The molecular weight excluding hydrogens is 254 g/mol. The molecule has 0 aliphatic carbocycles. The van der Waals surface area contributed by atoms with Gasteiger partial charge in [-0.2, -0.15) is 0 Å². The number of carbonyl (C=O) groups is 1. The minimum atomic E-state index is 0.0973. The molecule has 6 heteroatoms. The van der Waals surface area contributed by atoms with Gasteiger partial charge in [-0.1, -0.05) is 5.21 Å². The van der Waals surface area contributed by atoms with Crippen molar-refractivity contribution in [3.05, 3.63) is 11.9 Å². The van der Waals surface area contributed by atoms with Crippen LogP contribution in [-0.2, 0) is 18.3 Å². The van der Waals surface area contributed by atoms with E-state index in [-0.39, 0.29) is 6.04 Å². The van der Waals surface area contributed by atoms with Gasteiger partial charge in [0.1, 0.15) is 0 Å². The second-order valence-electron chi connectivity index (χ2n) is 5.90. The summed E-state index contributed by atoms with van der Waals surface area (Å²) in [5, 5.41) is 11.3. The predicted molar refractivity (Wildman–Crippen MR) is 75.3 cm³/mol. The van der Waals surface area contributed by atoms with Gasteiger partial charge in [0.25, 0.3) is 0 Å². The van der Waals surface area contributed by atoms with Crippen molar-refractivity contribution in [1.82, 2.24) is 25.2 Å². The number of aromatic nitrogens is 3. The van der Waals surface area contributed by atoms with Crippen LogP contribution in [0, 0.1) is 0 Å². The molecule has 2 saturated heterocycles. The molecular formula is C14H23N5O. The van der Waals surface area contributed by atoms with Crippen LogP contribution in [0.15, 0.2) is 6.20 Å². The molecule has 110 valence electrons. The van der Waals surface area contributed by atoms with E-state index in [1.807, 2.05) is 13.2 Å². The summed E-state index contributed by atoms with van der Waals surface area (Å²) in [6, 6.07) is 0.676. The van der Waals surface area contributed by atoms with Gasteiger partial charge < -0.3 is 5.32 Å². The largest absolute Gasteiger partial charge is 0.317 e. The van der Waals surface area contributed by atoms with Gasteiger partial charge in [-0.3, -0.25) is 14.4 Å². The third-order valence-corrected chi connectivity index (χ3v) is 4.45. The Kier molecular flexibility index (Phi) is 4.12. The first-order valence-electron chi connectivity index (χ1n) is 7.58. The molecule has 2 aliphatic rings. The van der Waals surface area contributed by atoms with Crippen LogP contribution < -0.4 is 5.32 Å². The first-order chi connectivity index (χ1) is 9.74. The number of carbonyl (C=O) groups excluding carboxylic acids is 1. The summed E-state index contributed by atoms with van der Waals surface area (Å²) in [6.45, 7) is 3.22. The SMILES string of the molecule is Cn1cc(CC(=O)C2CCCN2C2CCNCC2)nn1. The lowest BCUT2D eigenvalue weighted by Gasteiger charge is -2.35. The van der Waals surface area contributed by atoms with Crippen LogP contribution in [0.25, 0.3) is 0 Å². The molecule has 0 radical (unpaired) electrons. The second kappa shape index (κ2) is 6.01. The average molecular weight is 277 g/mol. The summed E-state index contributed by atoms with van der Waals surface area (Å²) in [4.78, 5) is 15.0. The summed E-state index contributed by atoms with van der Waals surface area (Å²) in [5.41, 5.74) is 0.787. The number of rotatable bonds is 4. The quantitative estimate of drug-likeness (QED) is 0.848. The Balaban J connectivity index is 1.63. The number of ketones is 1. The molecule has 6 nitrogen and oxygen atoms in total. The molecule has 0 amide bonds. The number of nitrogens with zero attached hydrogens (tertiary/aromatic N) is 4. The van der Waals surface area contributed by atoms with Gasteiger partial charge in [-0.25, -0.2) is 0 Å². The zero-order valence-corrected chi connectivity index (χ0v) is 12.1. The number of aryl methyl sites for hydroxylation is 1. The van der Waals surface area contributed by atoms with E-state index in [4.69, 9.17) is 0 Å². The second-order valence-corrected chi connectivity index (χ2v) is 5.90. The lowest BCUT2D eigenvalue weighted by Crippen LogP contribution is -2.48. The van der Waals surface area contributed by atoms with E-state index < -0.39 is 0 Å². The van der Waals surface area contributed by atoms with Gasteiger partial charge >= 0.3 is 0 Å². The highest BCUT2D eigenvalue weighted by Gasteiger charge is 2.35. The number of hydrogen-bond donors (Lipinski definition) is 1. The molecule has 1 atom stereocenters. The first kappa shape index (κ1) is 13.7. The molecule has 1 aromatic rings. The van der Waals surface area contributed by atoms with Crippen molar-refractivity contribution in [3.63, 3.8) is 0 Å². The molecule has 1 unspecified atom stereocenters. The Morgan fingerprint density at radius 3 is 2.90 bits per heavy atom. The maximum Gasteiger partial charge on any atom is 0.156 e. The van der Waals surface area contributed by atoms with Crippen LogP contribution in [0.5, 0.6) is 0 Å². The van der Waals surface area contributed by atoms with E-state index in [9.17, 15) is 4.79 Å². The summed E-state index contributed by atoms with van der Waals surface area (Å²) in [7, 11) is 1.83. The fourth-order valence-corrected chi connectivity index (χ4v) is 3.48. The molecule has 0 aromatic carbocycles. The highest BCUT2D eigenvalue weighted by molar-refractivity contribution is 5.86. The van der Waals surface area contributed by atoms with E-state index in [0.29, 0.717) is 18.2 Å². The Hall–Kier alpha value is -1.27. The van der Waals surface area contributed by atoms with E-state index in [1.54, 1.807) is 4.68 Å². The maximum absolute atomic E-state index is 12.5. The van der Waals surface area contributed by atoms with Crippen molar-refractivity contribution >= 4 is 5.78 Å². The minimum absolute atomic E-state index is 0.0973. The van der Waals surface area contributed by atoms with Crippen LogP contribution in [0.4, 0.5) is 0 Å². The number of hydrogen-bond acceptors (Lipinski definition) is 5. The smallest absolute Gasteiger partial charge is 0.156 e. The van der Waals surface area contributed by atoms with Gasteiger partial charge in [0.2, 0.25) is 0 Å². The van der Waals surface area contributed by atoms with Crippen molar-refractivity contribution in [2.24, 2.45) is 7.05 Å².